The number of amides is 1. The van der Waals surface area contributed by atoms with Crippen LogP contribution >= 0.6 is 0 Å². The molecule has 0 saturated heterocycles. The molecule has 1 heterocycles. The summed E-state index contributed by atoms with van der Waals surface area (Å²) in [4.78, 5) is 23.7. The predicted molar refractivity (Wildman–Crippen MR) is 97.8 cm³/mol. The fraction of sp³-hybridized carbons (Fsp3) is 0.400. The smallest absolute Gasteiger partial charge is 0.308 e. The molecule has 0 saturated carbocycles. The van der Waals surface area contributed by atoms with E-state index < -0.39 is 11.9 Å². The lowest BCUT2D eigenvalue weighted by molar-refractivity contribution is -0.141. The second kappa shape index (κ2) is 8.51. The molecule has 1 aromatic carbocycles. The topological polar surface area (TPSA) is 71.3 Å². The number of carbonyl (C=O) groups excluding carboxylic acids is 1. The first-order valence-corrected chi connectivity index (χ1v) is 8.65. The summed E-state index contributed by atoms with van der Waals surface area (Å²) in [6.45, 7) is 6.70. The number of benzene rings is 1. The average Bonchev–Trinajstić information content (AvgIpc) is 2.87. The third-order valence-corrected chi connectivity index (χ3v) is 4.50. The van der Waals surface area contributed by atoms with E-state index in [1.807, 2.05) is 45.0 Å². The molecular formula is C20H26N2O3. The summed E-state index contributed by atoms with van der Waals surface area (Å²) in [5.74, 6) is -1.62. The maximum absolute atomic E-state index is 12.5. The Kier molecular flexibility index (Phi) is 6.39. The standard InChI is InChI=1S/C20H26N2O3/c1-4-8-17(20(24)25)12-21-19(23)18-11-14(2)22(15(18)3)13-16-9-6-5-7-10-16/h5-7,9-11,17H,4,8,12-13H2,1-3H3,(H,21,23)(H,24,25). The van der Waals surface area contributed by atoms with E-state index in [9.17, 15) is 14.7 Å². The van der Waals surface area contributed by atoms with Gasteiger partial charge in [0.2, 0.25) is 0 Å². The number of nitrogens with zero attached hydrogens (tertiary/aromatic N) is 1. The van der Waals surface area contributed by atoms with E-state index >= 15 is 0 Å². The Labute approximate surface area is 148 Å². The molecule has 0 aliphatic heterocycles. The quantitative estimate of drug-likeness (QED) is 0.772. The zero-order chi connectivity index (χ0) is 18.4. The summed E-state index contributed by atoms with van der Waals surface area (Å²) < 4.78 is 2.10. The van der Waals surface area contributed by atoms with Gasteiger partial charge in [0.25, 0.3) is 5.91 Å². The number of carboxylic acid groups (broad SMARTS) is 1. The lowest BCUT2D eigenvalue weighted by Gasteiger charge is -2.13. The van der Waals surface area contributed by atoms with Gasteiger partial charge in [0.15, 0.2) is 0 Å². The van der Waals surface area contributed by atoms with Crippen molar-refractivity contribution in [2.75, 3.05) is 6.54 Å². The number of hydrogen-bond donors (Lipinski definition) is 2. The molecule has 134 valence electrons. The molecule has 2 aromatic rings. The summed E-state index contributed by atoms with van der Waals surface area (Å²) in [5, 5.41) is 12.0. The van der Waals surface area contributed by atoms with E-state index in [1.54, 1.807) is 0 Å². The van der Waals surface area contributed by atoms with Crippen molar-refractivity contribution in [1.29, 1.82) is 0 Å². The molecule has 5 nitrogen and oxygen atoms in total. The summed E-state index contributed by atoms with van der Waals surface area (Å²) in [6.07, 6.45) is 1.33. The fourth-order valence-corrected chi connectivity index (χ4v) is 3.01. The van der Waals surface area contributed by atoms with Crippen LogP contribution in [0, 0.1) is 19.8 Å². The van der Waals surface area contributed by atoms with E-state index in [2.05, 4.69) is 22.0 Å². The molecule has 1 amide bonds. The molecule has 25 heavy (non-hydrogen) atoms. The van der Waals surface area contributed by atoms with Crippen molar-refractivity contribution in [3.05, 3.63) is 58.9 Å². The summed E-state index contributed by atoms with van der Waals surface area (Å²) >= 11 is 0. The zero-order valence-electron chi connectivity index (χ0n) is 15.1. The Morgan fingerprint density at radius 3 is 2.48 bits per heavy atom. The van der Waals surface area contributed by atoms with Crippen molar-refractivity contribution in [2.24, 2.45) is 5.92 Å². The minimum Gasteiger partial charge on any atom is -0.481 e. The zero-order valence-corrected chi connectivity index (χ0v) is 15.1. The van der Waals surface area contributed by atoms with Gasteiger partial charge in [-0.25, -0.2) is 0 Å². The highest BCUT2D eigenvalue weighted by Gasteiger charge is 2.20. The Morgan fingerprint density at radius 1 is 1.20 bits per heavy atom. The lowest BCUT2D eigenvalue weighted by atomic mass is 10.0. The summed E-state index contributed by atoms with van der Waals surface area (Å²) in [6, 6.07) is 11.9. The first-order valence-electron chi connectivity index (χ1n) is 8.65. The van der Waals surface area contributed by atoms with Crippen LogP contribution in [0.25, 0.3) is 0 Å². The number of hydrogen-bond acceptors (Lipinski definition) is 2. The molecule has 1 aromatic heterocycles. The minimum atomic E-state index is -0.864. The van der Waals surface area contributed by atoms with Crippen LogP contribution in [0.4, 0.5) is 0 Å². The van der Waals surface area contributed by atoms with Crippen LogP contribution in [0.15, 0.2) is 36.4 Å². The van der Waals surface area contributed by atoms with Gasteiger partial charge in [-0.2, -0.15) is 0 Å². The van der Waals surface area contributed by atoms with E-state index in [1.165, 1.54) is 5.56 Å². The van der Waals surface area contributed by atoms with Crippen LogP contribution in [0.1, 0.15) is 47.1 Å². The maximum Gasteiger partial charge on any atom is 0.308 e. The van der Waals surface area contributed by atoms with Crippen LogP contribution in [-0.4, -0.2) is 28.1 Å². The number of aliphatic carboxylic acids is 1. The highest BCUT2D eigenvalue weighted by Crippen LogP contribution is 2.17. The molecule has 0 aliphatic carbocycles. The van der Waals surface area contributed by atoms with Gasteiger partial charge in [-0.1, -0.05) is 43.7 Å². The van der Waals surface area contributed by atoms with Crippen molar-refractivity contribution in [3.8, 4) is 0 Å². The molecule has 5 heteroatoms. The molecule has 0 spiro atoms. The average molecular weight is 342 g/mol. The molecule has 1 atom stereocenters. The van der Waals surface area contributed by atoms with Crippen LogP contribution in [0.3, 0.4) is 0 Å². The van der Waals surface area contributed by atoms with Crippen molar-refractivity contribution in [2.45, 2.75) is 40.2 Å². The lowest BCUT2D eigenvalue weighted by Crippen LogP contribution is -2.33. The molecule has 2 N–H and O–H groups in total. The summed E-state index contributed by atoms with van der Waals surface area (Å²) in [5.41, 5.74) is 3.68. The third kappa shape index (κ3) is 4.72. The fourth-order valence-electron chi connectivity index (χ4n) is 3.01. The number of nitrogens with one attached hydrogen (secondary N) is 1. The van der Waals surface area contributed by atoms with Crippen molar-refractivity contribution in [1.82, 2.24) is 9.88 Å². The van der Waals surface area contributed by atoms with Gasteiger partial charge >= 0.3 is 5.97 Å². The van der Waals surface area contributed by atoms with Gasteiger partial charge in [0, 0.05) is 24.5 Å². The predicted octanol–water partition coefficient (Wildman–Crippen LogP) is 3.38. The normalized spacial score (nSPS) is 12.0. The first-order chi connectivity index (χ1) is 11.9. The van der Waals surface area contributed by atoms with Gasteiger partial charge in [-0.05, 0) is 31.9 Å². The van der Waals surface area contributed by atoms with Crippen LogP contribution < -0.4 is 5.32 Å². The minimum absolute atomic E-state index is 0.157. The Balaban J connectivity index is 2.10. The number of carboxylic acids is 1. The molecular weight excluding hydrogens is 316 g/mol. The second-order valence-electron chi connectivity index (χ2n) is 6.39. The van der Waals surface area contributed by atoms with Crippen LogP contribution in [0.5, 0.6) is 0 Å². The van der Waals surface area contributed by atoms with Gasteiger partial charge in [0.05, 0.1) is 11.5 Å². The Bertz CT molecular complexity index is 735. The Morgan fingerprint density at radius 2 is 1.88 bits per heavy atom. The van der Waals surface area contributed by atoms with Crippen LogP contribution in [0.2, 0.25) is 0 Å². The second-order valence-corrected chi connectivity index (χ2v) is 6.39. The van der Waals surface area contributed by atoms with E-state index in [4.69, 9.17) is 0 Å². The molecule has 0 aliphatic rings. The van der Waals surface area contributed by atoms with E-state index in [0.717, 1.165) is 17.8 Å². The molecule has 0 bridgehead atoms. The number of rotatable bonds is 8. The first kappa shape index (κ1) is 18.8. The maximum atomic E-state index is 12.5. The summed E-state index contributed by atoms with van der Waals surface area (Å²) in [7, 11) is 0. The van der Waals surface area contributed by atoms with Gasteiger partial charge < -0.3 is 15.0 Å². The van der Waals surface area contributed by atoms with Crippen LogP contribution in [-0.2, 0) is 11.3 Å². The Hall–Kier alpha value is -2.56. The van der Waals surface area contributed by atoms with E-state index in [0.29, 0.717) is 18.5 Å². The molecule has 2 rings (SSSR count). The highest BCUT2D eigenvalue weighted by molar-refractivity contribution is 5.95. The van der Waals surface area contributed by atoms with E-state index in [-0.39, 0.29) is 12.5 Å². The van der Waals surface area contributed by atoms with Crippen molar-refractivity contribution < 1.29 is 14.7 Å². The SMILES string of the molecule is CCCC(CNC(=O)c1cc(C)n(Cc2ccccc2)c1C)C(=O)O. The van der Waals surface area contributed by atoms with Gasteiger partial charge in [0.1, 0.15) is 0 Å². The van der Waals surface area contributed by atoms with Gasteiger partial charge in [-0.15, -0.1) is 0 Å². The number of carbonyl (C=O) groups is 2. The number of aryl methyl sites for hydroxylation is 1. The number of aromatic nitrogens is 1. The van der Waals surface area contributed by atoms with Crippen molar-refractivity contribution >= 4 is 11.9 Å². The van der Waals surface area contributed by atoms with Crippen molar-refractivity contribution in [3.63, 3.8) is 0 Å². The largest absolute Gasteiger partial charge is 0.481 e. The highest BCUT2D eigenvalue weighted by atomic mass is 16.4. The monoisotopic (exact) mass is 342 g/mol. The molecule has 1 unspecified atom stereocenters. The third-order valence-electron chi connectivity index (χ3n) is 4.50. The van der Waals surface area contributed by atoms with Gasteiger partial charge in [-0.3, -0.25) is 9.59 Å². The molecule has 0 radical (unpaired) electrons. The molecule has 0 fully saturated rings.